The number of carbonyl (C=O) groups is 1. The fourth-order valence-electron chi connectivity index (χ4n) is 4.86. The van der Waals surface area contributed by atoms with Crippen LogP contribution >= 0.6 is 0 Å². The third-order valence-corrected chi connectivity index (χ3v) is 6.24. The molecule has 5 heteroatoms. The third kappa shape index (κ3) is 3.83. The summed E-state index contributed by atoms with van der Waals surface area (Å²) < 4.78 is 10.6. The molecule has 1 aromatic rings. The molecule has 0 spiro atoms. The van der Waals surface area contributed by atoms with Gasteiger partial charge in [-0.25, -0.2) is 0 Å². The number of carbonyl (C=O) groups excluding carboxylic acids is 1. The van der Waals surface area contributed by atoms with Crippen LogP contribution in [-0.4, -0.2) is 62.7 Å². The minimum Gasteiger partial charge on any atom is -0.493 e. The highest BCUT2D eigenvalue weighted by molar-refractivity contribution is 5.79. The average molecular weight is 360 g/mol. The SMILES string of the molecule is COc1ccc(CC(=O)N(C)C2CCCC3CCCN(C)C32)cc1OC. The number of hydrogen-bond acceptors (Lipinski definition) is 4. The molecule has 2 aliphatic rings. The Kier molecular flexibility index (Phi) is 6.07. The van der Waals surface area contributed by atoms with Crippen molar-refractivity contribution in [3.8, 4) is 11.5 Å². The first-order valence-corrected chi connectivity index (χ1v) is 9.72. The van der Waals surface area contributed by atoms with Gasteiger partial charge in [0, 0.05) is 19.1 Å². The van der Waals surface area contributed by atoms with Crippen LogP contribution in [-0.2, 0) is 11.2 Å². The molecule has 1 heterocycles. The van der Waals surface area contributed by atoms with Crippen LogP contribution in [0.15, 0.2) is 18.2 Å². The number of rotatable bonds is 5. The first-order chi connectivity index (χ1) is 12.5. The van der Waals surface area contributed by atoms with E-state index in [0.717, 1.165) is 24.4 Å². The second kappa shape index (κ2) is 8.30. The Morgan fingerprint density at radius 3 is 2.62 bits per heavy atom. The highest BCUT2D eigenvalue weighted by atomic mass is 16.5. The molecule has 1 aliphatic carbocycles. The summed E-state index contributed by atoms with van der Waals surface area (Å²) in [5.74, 6) is 2.28. The number of piperidine rings is 1. The van der Waals surface area contributed by atoms with E-state index in [-0.39, 0.29) is 5.91 Å². The highest BCUT2D eigenvalue weighted by Gasteiger charge is 2.40. The summed E-state index contributed by atoms with van der Waals surface area (Å²) in [6, 6.07) is 6.56. The molecule has 0 bridgehead atoms. The Bertz CT molecular complexity index is 632. The van der Waals surface area contributed by atoms with Gasteiger partial charge in [0.15, 0.2) is 11.5 Å². The lowest BCUT2D eigenvalue weighted by atomic mass is 9.75. The monoisotopic (exact) mass is 360 g/mol. The van der Waals surface area contributed by atoms with Crippen LogP contribution in [0.5, 0.6) is 11.5 Å². The first-order valence-electron chi connectivity index (χ1n) is 9.72. The molecule has 144 valence electrons. The van der Waals surface area contributed by atoms with Crippen molar-refractivity contribution in [1.82, 2.24) is 9.80 Å². The van der Waals surface area contributed by atoms with Crippen molar-refractivity contribution >= 4 is 5.91 Å². The highest BCUT2D eigenvalue weighted by Crippen LogP contribution is 2.37. The fraction of sp³-hybridized carbons (Fsp3) is 0.667. The van der Waals surface area contributed by atoms with Gasteiger partial charge < -0.3 is 19.3 Å². The van der Waals surface area contributed by atoms with Gasteiger partial charge in [-0.2, -0.15) is 0 Å². The summed E-state index contributed by atoms with van der Waals surface area (Å²) in [4.78, 5) is 17.5. The standard InChI is InChI=1S/C21H32N2O3/c1-22-12-6-8-16-7-5-9-17(21(16)22)23(2)20(24)14-15-10-11-18(25-3)19(13-15)26-4/h10-11,13,16-17,21H,5-9,12,14H2,1-4H3. The summed E-state index contributed by atoms with van der Waals surface area (Å²) in [5.41, 5.74) is 0.962. The molecule has 26 heavy (non-hydrogen) atoms. The minimum absolute atomic E-state index is 0.182. The normalized spacial score (nSPS) is 26.1. The molecule has 3 unspecified atom stereocenters. The lowest BCUT2D eigenvalue weighted by Gasteiger charge is -2.49. The average Bonchev–Trinajstić information content (AvgIpc) is 2.67. The zero-order valence-corrected chi connectivity index (χ0v) is 16.5. The van der Waals surface area contributed by atoms with Crippen molar-refractivity contribution in [2.45, 2.75) is 50.6 Å². The Morgan fingerprint density at radius 1 is 1.15 bits per heavy atom. The zero-order chi connectivity index (χ0) is 18.7. The number of fused-ring (bicyclic) bond motifs is 1. The molecule has 3 atom stereocenters. The Morgan fingerprint density at radius 2 is 1.88 bits per heavy atom. The first kappa shape index (κ1) is 19.0. The van der Waals surface area contributed by atoms with E-state index in [9.17, 15) is 4.79 Å². The van der Waals surface area contributed by atoms with Crippen LogP contribution in [0.1, 0.15) is 37.7 Å². The van der Waals surface area contributed by atoms with E-state index in [0.29, 0.717) is 30.0 Å². The molecule has 1 aromatic carbocycles. The van der Waals surface area contributed by atoms with E-state index in [1.54, 1.807) is 14.2 Å². The smallest absolute Gasteiger partial charge is 0.227 e. The molecule has 1 amide bonds. The van der Waals surface area contributed by atoms with E-state index in [2.05, 4.69) is 11.9 Å². The predicted molar refractivity (Wildman–Crippen MR) is 103 cm³/mol. The molecule has 2 fully saturated rings. The molecule has 5 nitrogen and oxygen atoms in total. The van der Waals surface area contributed by atoms with Crippen molar-refractivity contribution < 1.29 is 14.3 Å². The van der Waals surface area contributed by atoms with Crippen molar-refractivity contribution in [1.29, 1.82) is 0 Å². The van der Waals surface area contributed by atoms with Gasteiger partial charge in [-0.05, 0) is 62.9 Å². The van der Waals surface area contributed by atoms with E-state index in [4.69, 9.17) is 9.47 Å². The number of nitrogens with zero attached hydrogens (tertiary/aromatic N) is 2. The number of methoxy groups -OCH3 is 2. The Balaban J connectivity index is 1.71. The van der Waals surface area contributed by atoms with Crippen molar-refractivity contribution in [2.24, 2.45) is 5.92 Å². The molecule has 0 aromatic heterocycles. The van der Waals surface area contributed by atoms with Crippen molar-refractivity contribution in [3.05, 3.63) is 23.8 Å². The number of likely N-dealkylation sites (N-methyl/N-ethyl adjacent to an activating group) is 2. The predicted octanol–water partition coefficient (Wildman–Crippen LogP) is 2.97. The van der Waals surface area contributed by atoms with Gasteiger partial charge in [0.25, 0.3) is 0 Å². The fourth-order valence-corrected chi connectivity index (χ4v) is 4.86. The largest absolute Gasteiger partial charge is 0.493 e. The Labute approximate surface area is 157 Å². The van der Waals surface area contributed by atoms with Gasteiger partial charge in [0.1, 0.15) is 0 Å². The van der Waals surface area contributed by atoms with Gasteiger partial charge >= 0.3 is 0 Å². The van der Waals surface area contributed by atoms with Gasteiger partial charge in [0.05, 0.1) is 20.6 Å². The molecule has 0 N–H and O–H groups in total. The number of ether oxygens (including phenoxy) is 2. The molecule has 1 saturated carbocycles. The minimum atomic E-state index is 0.182. The van der Waals surface area contributed by atoms with E-state index in [1.165, 1.54) is 25.7 Å². The maximum Gasteiger partial charge on any atom is 0.227 e. The van der Waals surface area contributed by atoms with Gasteiger partial charge in [-0.15, -0.1) is 0 Å². The zero-order valence-electron chi connectivity index (χ0n) is 16.5. The van der Waals surface area contributed by atoms with Crippen LogP contribution in [0.3, 0.4) is 0 Å². The topological polar surface area (TPSA) is 42.0 Å². The summed E-state index contributed by atoms with van der Waals surface area (Å²) in [6.45, 7) is 1.15. The lowest BCUT2D eigenvalue weighted by Crippen LogP contribution is -2.58. The van der Waals surface area contributed by atoms with Crippen molar-refractivity contribution in [2.75, 3.05) is 34.9 Å². The lowest BCUT2D eigenvalue weighted by molar-refractivity contribution is -0.134. The molecule has 1 aliphatic heterocycles. The van der Waals surface area contributed by atoms with Crippen molar-refractivity contribution in [3.63, 3.8) is 0 Å². The second-order valence-electron chi connectivity index (χ2n) is 7.74. The quantitative estimate of drug-likeness (QED) is 0.810. The van der Waals surface area contributed by atoms with E-state index in [1.807, 2.05) is 30.1 Å². The molecular formula is C21H32N2O3. The van der Waals surface area contributed by atoms with Crippen LogP contribution in [0.25, 0.3) is 0 Å². The second-order valence-corrected chi connectivity index (χ2v) is 7.74. The Hall–Kier alpha value is -1.75. The van der Waals surface area contributed by atoms with E-state index < -0.39 is 0 Å². The number of amides is 1. The van der Waals surface area contributed by atoms with E-state index >= 15 is 0 Å². The molecule has 1 saturated heterocycles. The molecule has 3 rings (SSSR count). The number of benzene rings is 1. The summed E-state index contributed by atoms with van der Waals surface area (Å²) in [7, 11) is 7.45. The van der Waals surface area contributed by atoms with Crippen LogP contribution in [0.2, 0.25) is 0 Å². The summed E-state index contributed by atoms with van der Waals surface area (Å²) in [5, 5.41) is 0. The molecular weight excluding hydrogens is 328 g/mol. The number of likely N-dealkylation sites (tertiary alicyclic amines) is 1. The van der Waals surface area contributed by atoms with Crippen LogP contribution < -0.4 is 9.47 Å². The van der Waals surface area contributed by atoms with Gasteiger partial charge in [-0.3, -0.25) is 4.79 Å². The van der Waals surface area contributed by atoms with Crippen LogP contribution in [0, 0.1) is 5.92 Å². The molecule has 0 radical (unpaired) electrons. The van der Waals surface area contributed by atoms with Crippen LogP contribution in [0.4, 0.5) is 0 Å². The van der Waals surface area contributed by atoms with Gasteiger partial charge in [-0.1, -0.05) is 12.5 Å². The number of hydrogen-bond donors (Lipinski definition) is 0. The maximum atomic E-state index is 13.0. The summed E-state index contributed by atoms with van der Waals surface area (Å²) in [6.07, 6.45) is 6.64. The summed E-state index contributed by atoms with van der Waals surface area (Å²) >= 11 is 0. The third-order valence-electron chi connectivity index (χ3n) is 6.24. The van der Waals surface area contributed by atoms with Gasteiger partial charge in [0.2, 0.25) is 5.91 Å². The maximum absolute atomic E-state index is 13.0.